The number of hydrogen-bond acceptors (Lipinski definition) is 1. The summed E-state index contributed by atoms with van der Waals surface area (Å²) in [5.41, 5.74) is 9.30. The van der Waals surface area contributed by atoms with E-state index in [4.69, 9.17) is 5.53 Å². The Morgan fingerprint density at radius 2 is 2.33 bits per heavy atom. The van der Waals surface area contributed by atoms with Crippen LogP contribution in [-0.2, 0) is 6.54 Å². The van der Waals surface area contributed by atoms with Crippen LogP contribution in [0, 0.1) is 12.7 Å². The Morgan fingerprint density at radius 3 is 2.92 bits per heavy atom. The molecule has 12 heavy (non-hydrogen) atoms. The van der Waals surface area contributed by atoms with Crippen LogP contribution in [0.15, 0.2) is 23.3 Å². The maximum absolute atomic E-state index is 13.0. The van der Waals surface area contributed by atoms with Gasteiger partial charge in [0, 0.05) is 4.91 Å². The van der Waals surface area contributed by atoms with Crippen molar-refractivity contribution in [3.8, 4) is 0 Å². The average Bonchev–Trinajstić information content (AvgIpc) is 2.03. The lowest BCUT2D eigenvalue weighted by molar-refractivity contribution is 0.609. The first-order valence-corrected chi connectivity index (χ1v) is 3.50. The molecule has 1 rings (SSSR count). The second kappa shape index (κ2) is 3.74. The fourth-order valence-corrected chi connectivity index (χ4v) is 0.888. The maximum atomic E-state index is 13.0. The molecule has 62 valence electrons. The van der Waals surface area contributed by atoms with E-state index in [1.54, 1.807) is 19.1 Å². The Hall–Kier alpha value is -1.54. The van der Waals surface area contributed by atoms with E-state index in [9.17, 15) is 4.39 Å². The number of aryl methyl sites for hydroxylation is 1. The molecule has 0 aliphatic heterocycles. The highest BCUT2D eigenvalue weighted by molar-refractivity contribution is 5.23. The minimum Gasteiger partial charge on any atom is -0.207 e. The molecule has 0 heterocycles. The number of azide groups is 1. The molecule has 0 saturated heterocycles. The second-order valence-corrected chi connectivity index (χ2v) is 2.48. The van der Waals surface area contributed by atoms with Gasteiger partial charge in [0.1, 0.15) is 5.82 Å². The van der Waals surface area contributed by atoms with Gasteiger partial charge in [0.05, 0.1) is 6.54 Å². The molecule has 0 saturated carbocycles. The lowest BCUT2D eigenvalue weighted by Gasteiger charge is -1.98. The zero-order chi connectivity index (χ0) is 8.97. The Morgan fingerprint density at radius 1 is 1.58 bits per heavy atom. The molecule has 4 heteroatoms. The number of halogens is 1. The molecule has 3 nitrogen and oxygen atoms in total. The Labute approximate surface area is 69.5 Å². The topological polar surface area (TPSA) is 48.8 Å². The summed E-state index contributed by atoms with van der Waals surface area (Å²) in [5, 5.41) is 3.27. The largest absolute Gasteiger partial charge is 0.207 e. The molecular weight excluding hydrogens is 157 g/mol. The molecule has 0 bridgehead atoms. The van der Waals surface area contributed by atoms with Gasteiger partial charge in [0.15, 0.2) is 0 Å². The fourth-order valence-electron chi connectivity index (χ4n) is 0.888. The van der Waals surface area contributed by atoms with Crippen LogP contribution >= 0.6 is 0 Å². The molecule has 0 unspecified atom stereocenters. The molecule has 0 aliphatic rings. The van der Waals surface area contributed by atoms with Crippen molar-refractivity contribution in [2.24, 2.45) is 5.11 Å². The quantitative estimate of drug-likeness (QED) is 0.367. The van der Waals surface area contributed by atoms with Gasteiger partial charge in [0.2, 0.25) is 0 Å². The third-order valence-corrected chi connectivity index (χ3v) is 1.51. The highest BCUT2D eigenvalue weighted by Crippen LogP contribution is 2.10. The third-order valence-electron chi connectivity index (χ3n) is 1.51. The van der Waals surface area contributed by atoms with Crippen molar-refractivity contribution in [3.63, 3.8) is 0 Å². The molecule has 0 fully saturated rings. The summed E-state index contributed by atoms with van der Waals surface area (Å²) < 4.78 is 13.0. The Bertz CT molecular complexity index is 329. The van der Waals surface area contributed by atoms with Gasteiger partial charge >= 0.3 is 0 Å². The molecule has 0 spiro atoms. The van der Waals surface area contributed by atoms with E-state index in [2.05, 4.69) is 10.0 Å². The van der Waals surface area contributed by atoms with Crippen LogP contribution in [0.1, 0.15) is 11.1 Å². The standard InChI is InChI=1S/C8H8FN3/c1-6-2-3-7(5-11-12-10)8(9)4-6/h2-4H,5H2,1H3. The molecule has 0 amide bonds. The van der Waals surface area contributed by atoms with E-state index in [1.165, 1.54) is 6.07 Å². The van der Waals surface area contributed by atoms with Crippen LogP contribution < -0.4 is 0 Å². The third kappa shape index (κ3) is 1.97. The van der Waals surface area contributed by atoms with E-state index in [0.717, 1.165) is 5.56 Å². The second-order valence-electron chi connectivity index (χ2n) is 2.48. The average molecular weight is 165 g/mol. The van der Waals surface area contributed by atoms with Gasteiger partial charge in [-0.1, -0.05) is 17.2 Å². The van der Waals surface area contributed by atoms with Crippen LogP contribution in [0.5, 0.6) is 0 Å². The fraction of sp³-hybridized carbons (Fsp3) is 0.250. The van der Waals surface area contributed by atoms with E-state index in [1.807, 2.05) is 0 Å². The highest BCUT2D eigenvalue weighted by Gasteiger charge is 1.99. The lowest BCUT2D eigenvalue weighted by atomic mass is 10.1. The van der Waals surface area contributed by atoms with Gasteiger partial charge < -0.3 is 0 Å². The van der Waals surface area contributed by atoms with Crippen LogP contribution in [-0.4, -0.2) is 0 Å². The highest BCUT2D eigenvalue weighted by atomic mass is 19.1. The van der Waals surface area contributed by atoms with Crippen molar-refractivity contribution in [1.29, 1.82) is 0 Å². The Kier molecular flexibility index (Phi) is 2.66. The first kappa shape index (κ1) is 8.56. The van der Waals surface area contributed by atoms with Crippen LogP contribution in [0.25, 0.3) is 10.4 Å². The van der Waals surface area contributed by atoms with Crippen molar-refractivity contribution in [2.75, 3.05) is 0 Å². The first-order valence-electron chi connectivity index (χ1n) is 3.50. The van der Waals surface area contributed by atoms with E-state index in [0.29, 0.717) is 5.56 Å². The van der Waals surface area contributed by atoms with Crippen molar-refractivity contribution in [2.45, 2.75) is 13.5 Å². The molecule has 1 aromatic carbocycles. The van der Waals surface area contributed by atoms with E-state index < -0.39 is 0 Å². The molecule has 0 N–H and O–H groups in total. The normalized spacial score (nSPS) is 9.17. The van der Waals surface area contributed by atoms with Crippen LogP contribution in [0.4, 0.5) is 4.39 Å². The predicted molar refractivity (Wildman–Crippen MR) is 44.0 cm³/mol. The molecule has 0 radical (unpaired) electrons. The summed E-state index contributed by atoms with van der Waals surface area (Å²) in [5.74, 6) is -0.317. The summed E-state index contributed by atoms with van der Waals surface area (Å²) in [4.78, 5) is 2.55. The zero-order valence-corrected chi connectivity index (χ0v) is 6.66. The van der Waals surface area contributed by atoms with Gasteiger partial charge in [-0.05, 0) is 29.6 Å². The number of rotatable bonds is 2. The molecule has 1 aromatic rings. The monoisotopic (exact) mass is 165 g/mol. The van der Waals surface area contributed by atoms with Gasteiger partial charge in [0.25, 0.3) is 0 Å². The van der Waals surface area contributed by atoms with E-state index in [-0.39, 0.29) is 12.4 Å². The number of benzene rings is 1. The van der Waals surface area contributed by atoms with Crippen molar-refractivity contribution in [1.82, 2.24) is 0 Å². The number of nitrogens with zero attached hydrogens (tertiary/aromatic N) is 3. The molecular formula is C8H8FN3. The first-order chi connectivity index (χ1) is 5.74. The van der Waals surface area contributed by atoms with E-state index >= 15 is 0 Å². The minimum absolute atomic E-state index is 0.0720. The molecule has 0 aliphatic carbocycles. The summed E-state index contributed by atoms with van der Waals surface area (Å²) in [7, 11) is 0. The van der Waals surface area contributed by atoms with Gasteiger partial charge in [-0.15, -0.1) is 0 Å². The lowest BCUT2D eigenvalue weighted by Crippen LogP contribution is -1.87. The van der Waals surface area contributed by atoms with Crippen molar-refractivity contribution >= 4 is 0 Å². The molecule has 0 aromatic heterocycles. The Balaban J connectivity index is 2.93. The van der Waals surface area contributed by atoms with Crippen LogP contribution in [0.2, 0.25) is 0 Å². The predicted octanol–water partition coefficient (Wildman–Crippen LogP) is 2.94. The maximum Gasteiger partial charge on any atom is 0.126 e. The van der Waals surface area contributed by atoms with Crippen molar-refractivity contribution < 1.29 is 4.39 Å². The number of hydrogen-bond donors (Lipinski definition) is 0. The summed E-state index contributed by atoms with van der Waals surface area (Å²) in [6.45, 7) is 1.88. The zero-order valence-electron chi connectivity index (χ0n) is 6.66. The van der Waals surface area contributed by atoms with Gasteiger partial charge in [-0.2, -0.15) is 0 Å². The van der Waals surface area contributed by atoms with Crippen molar-refractivity contribution in [3.05, 3.63) is 45.6 Å². The summed E-state index contributed by atoms with van der Waals surface area (Å²) in [6, 6.07) is 4.83. The minimum atomic E-state index is -0.317. The summed E-state index contributed by atoms with van der Waals surface area (Å²) in [6.07, 6.45) is 0. The summed E-state index contributed by atoms with van der Waals surface area (Å²) >= 11 is 0. The SMILES string of the molecule is Cc1ccc(CN=[N+]=[N-])c(F)c1. The molecule has 0 atom stereocenters. The smallest absolute Gasteiger partial charge is 0.126 e. The van der Waals surface area contributed by atoms with Crippen LogP contribution in [0.3, 0.4) is 0 Å². The van der Waals surface area contributed by atoms with Gasteiger partial charge in [-0.3, -0.25) is 0 Å². The van der Waals surface area contributed by atoms with Gasteiger partial charge in [-0.25, -0.2) is 4.39 Å².